The Balaban J connectivity index is 0.00000106. The molecule has 1 saturated heterocycles. The molecule has 1 heterocycles. The van der Waals surface area contributed by atoms with Gasteiger partial charge in [-0.05, 0) is 65.0 Å². The molecule has 21 heavy (non-hydrogen) atoms. The molecule has 0 aromatic heterocycles. The Morgan fingerprint density at radius 2 is 1.95 bits per heavy atom. The van der Waals surface area contributed by atoms with Gasteiger partial charge in [0, 0.05) is 13.0 Å². The molecule has 0 radical (unpaired) electrons. The SMILES string of the molecule is CC.CC1(CC#N)CCN(Cc2ccc(Br)c(F)c2)CC1. The van der Waals surface area contributed by atoms with Crippen LogP contribution >= 0.6 is 15.9 Å². The summed E-state index contributed by atoms with van der Waals surface area (Å²) in [5.41, 5.74) is 1.17. The van der Waals surface area contributed by atoms with Crippen LogP contribution in [0.3, 0.4) is 0 Å². The van der Waals surface area contributed by atoms with Crippen LogP contribution in [-0.2, 0) is 6.54 Å². The highest BCUT2D eigenvalue weighted by molar-refractivity contribution is 9.10. The highest BCUT2D eigenvalue weighted by Crippen LogP contribution is 2.34. The Labute approximate surface area is 136 Å². The number of rotatable bonds is 3. The molecule has 0 amide bonds. The van der Waals surface area contributed by atoms with Crippen LogP contribution in [0.5, 0.6) is 0 Å². The van der Waals surface area contributed by atoms with Gasteiger partial charge in [-0.2, -0.15) is 5.26 Å². The zero-order chi connectivity index (χ0) is 15.9. The first-order valence-corrected chi connectivity index (χ1v) is 8.35. The van der Waals surface area contributed by atoms with Gasteiger partial charge in [0.05, 0.1) is 10.5 Å². The summed E-state index contributed by atoms with van der Waals surface area (Å²) in [6.45, 7) is 8.94. The molecule has 0 spiro atoms. The van der Waals surface area contributed by atoms with Gasteiger partial charge in [0.15, 0.2) is 0 Å². The molecule has 1 aliphatic rings. The molecule has 0 bridgehead atoms. The van der Waals surface area contributed by atoms with Crippen LogP contribution in [0.1, 0.15) is 45.6 Å². The third-order valence-corrected chi connectivity index (χ3v) is 4.60. The third kappa shape index (κ3) is 5.41. The van der Waals surface area contributed by atoms with E-state index in [9.17, 15) is 4.39 Å². The monoisotopic (exact) mass is 354 g/mol. The van der Waals surface area contributed by atoms with E-state index in [-0.39, 0.29) is 11.2 Å². The predicted octanol–water partition coefficient (Wildman–Crippen LogP) is 5.13. The van der Waals surface area contributed by atoms with Crippen molar-refractivity contribution < 1.29 is 4.39 Å². The lowest BCUT2D eigenvalue weighted by Crippen LogP contribution is -2.38. The molecule has 2 nitrogen and oxygen atoms in total. The zero-order valence-corrected chi connectivity index (χ0v) is 14.7. The summed E-state index contributed by atoms with van der Waals surface area (Å²) in [6.07, 6.45) is 2.72. The summed E-state index contributed by atoms with van der Waals surface area (Å²) in [5.74, 6) is -0.205. The maximum Gasteiger partial charge on any atom is 0.137 e. The predicted molar refractivity (Wildman–Crippen MR) is 88.3 cm³/mol. The number of benzene rings is 1. The second kappa shape index (κ2) is 8.51. The molecule has 0 unspecified atom stereocenters. The van der Waals surface area contributed by atoms with E-state index in [0.717, 1.165) is 38.0 Å². The Morgan fingerprint density at radius 3 is 2.48 bits per heavy atom. The summed E-state index contributed by atoms with van der Waals surface area (Å²) >= 11 is 3.17. The van der Waals surface area contributed by atoms with Crippen LogP contribution in [0.25, 0.3) is 0 Å². The summed E-state index contributed by atoms with van der Waals surface area (Å²) in [4.78, 5) is 2.34. The molecule has 0 N–H and O–H groups in total. The first kappa shape index (κ1) is 18.1. The molecule has 4 heteroatoms. The fourth-order valence-electron chi connectivity index (χ4n) is 2.51. The lowest BCUT2D eigenvalue weighted by atomic mass is 9.78. The van der Waals surface area contributed by atoms with Crippen molar-refractivity contribution in [1.29, 1.82) is 5.26 Å². The molecule has 1 aromatic rings. The minimum Gasteiger partial charge on any atom is -0.299 e. The molecule has 1 aromatic carbocycles. The van der Waals surface area contributed by atoms with E-state index in [4.69, 9.17) is 5.26 Å². The van der Waals surface area contributed by atoms with Crippen molar-refractivity contribution in [2.75, 3.05) is 13.1 Å². The van der Waals surface area contributed by atoms with Crippen molar-refractivity contribution in [3.05, 3.63) is 34.1 Å². The highest BCUT2D eigenvalue weighted by Gasteiger charge is 2.29. The van der Waals surface area contributed by atoms with Gasteiger partial charge in [0.2, 0.25) is 0 Å². The van der Waals surface area contributed by atoms with E-state index in [1.807, 2.05) is 19.9 Å². The summed E-state index contributed by atoms with van der Waals surface area (Å²) in [6, 6.07) is 7.59. The average Bonchev–Trinajstić information content (AvgIpc) is 2.48. The summed E-state index contributed by atoms with van der Waals surface area (Å²) < 4.78 is 14.0. The van der Waals surface area contributed by atoms with Gasteiger partial charge in [0.25, 0.3) is 0 Å². The molecular formula is C17H24BrFN2. The van der Waals surface area contributed by atoms with E-state index < -0.39 is 0 Å². The fourth-order valence-corrected chi connectivity index (χ4v) is 2.76. The molecule has 0 aliphatic carbocycles. The van der Waals surface area contributed by atoms with E-state index in [1.165, 1.54) is 0 Å². The maximum atomic E-state index is 13.5. The molecule has 0 atom stereocenters. The Hall–Kier alpha value is -0.920. The van der Waals surface area contributed by atoms with E-state index in [0.29, 0.717) is 10.9 Å². The van der Waals surface area contributed by atoms with Gasteiger partial charge in [-0.3, -0.25) is 4.90 Å². The first-order valence-electron chi connectivity index (χ1n) is 7.56. The lowest BCUT2D eigenvalue weighted by Gasteiger charge is -2.38. The average molecular weight is 355 g/mol. The number of piperidine rings is 1. The van der Waals surface area contributed by atoms with Gasteiger partial charge in [-0.15, -0.1) is 0 Å². The Morgan fingerprint density at radius 1 is 1.33 bits per heavy atom. The first-order chi connectivity index (χ1) is 10.0. The number of nitriles is 1. The van der Waals surface area contributed by atoms with Gasteiger partial charge < -0.3 is 0 Å². The molecule has 116 valence electrons. The van der Waals surface area contributed by atoms with Crippen LogP contribution in [0.4, 0.5) is 4.39 Å². The van der Waals surface area contributed by atoms with Gasteiger partial charge >= 0.3 is 0 Å². The zero-order valence-electron chi connectivity index (χ0n) is 13.1. The van der Waals surface area contributed by atoms with E-state index >= 15 is 0 Å². The number of likely N-dealkylation sites (tertiary alicyclic amines) is 1. The van der Waals surface area contributed by atoms with Crippen LogP contribution < -0.4 is 0 Å². The smallest absolute Gasteiger partial charge is 0.137 e. The summed E-state index contributed by atoms with van der Waals surface area (Å²) in [7, 11) is 0. The molecule has 1 aliphatic heterocycles. The van der Waals surface area contributed by atoms with E-state index in [1.54, 1.807) is 12.1 Å². The number of hydrogen-bond donors (Lipinski definition) is 0. The van der Waals surface area contributed by atoms with Crippen molar-refractivity contribution in [1.82, 2.24) is 4.90 Å². The Kier molecular flexibility index (Phi) is 7.34. The third-order valence-electron chi connectivity index (χ3n) is 3.96. The van der Waals surface area contributed by atoms with E-state index in [2.05, 4.69) is 33.8 Å². The quantitative estimate of drug-likeness (QED) is 0.752. The molecule has 2 rings (SSSR count). The van der Waals surface area contributed by atoms with Crippen molar-refractivity contribution in [3.8, 4) is 6.07 Å². The number of nitrogens with zero attached hydrogens (tertiary/aromatic N) is 2. The van der Waals surface area contributed by atoms with Crippen LogP contribution in [0.15, 0.2) is 22.7 Å². The second-order valence-corrected chi connectivity index (χ2v) is 6.52. The molecule has 0 saturated carbocycles. The molecular weight excluding hydrogens is 331 g/mol. The van der Waals surface area contributed by atoms with Gasteiger partial charge in [-0.1, -0.05) is 26.8 Å². The normalized spacial score (nSPS) is 17.5. The van der Waals surface area contributed by atoms with Crippen molar-refractivity contribution in [2.45, 2.75) is 46.6 Å². The van der Waals surface area contributed by atoms with Gasteiger partial charge in [-0.25, -0.2) is 4.39 Å². The van der Waals surface area contributed by atoms with Crippen LogP contribution in [0.2, 0.25) is 0 Å². The number of halogens is 2. The molecule has 1 fully saturated rings. The summed E-state index contributed by atoms with van der Waals surface area (Å²) in [5, 5.41) is 8.83. The van der Waals surface area contributed by atoms with Crippen LogP contribution in [-0.4, -0.2) is 18.0 Å². The van der Waals surface area contributed by atoms with Gasteiger partial charge in [0.1, 0.15) is 5.82 Å². The fraction of sp³-hybridized carbons (Fsp3) is 0.588. The maximum absolute atomic E-state index is 13.5. The topological polar surface area (TPSA) is 27.0 Å². The number of hydrogen-bond acceptors (Lipinski definition) is 2. The largest absolute Gasteiger partial charge is 0.299 e. The Bertz CT molecular complexity index is 488. The minimum atomic E-state index is -0.205. The lowest BCUT2D eigenvalue weighted by molar-refractivity contribution is 0.116. The second-order valence-electron chi connectivity index (χ2n) is 5.67. The van der Waals surface area contributed by atoms with Crippen molar-refractivity contribution >= 4 is 15.9 Å². The van der Waals surface area contributed by atoms with Crippen molar-refractivity contribution in [2.24, 2.45) is 5.41 Å². The van der Waals surface area contributed by atoms with Crippen LogP contribution in [0, 0.1) is 22.6 Å². The minimum absolute atomic E-state index is 0.163. The standard InChI is InChI=1S/C15H18BrFN2.C2H6/c1-15(4-7-18)5-8-19(9-6-15)11-12-2-3-13(16)14(17)10-12;1-2/h2-3,10H,4-6,8-9,11H2,1H3;1-2H3. The van der Waals surface area contributed by atoms with Crippen molar-refractivity contribution in [3.63, 3.8) is 0 Å². The highest BCUT2D eigenvalue weighted by atomic mass is 79.9.